The van der Waals surface area contributed by atoms with Crippen molar-refractivity contribution in [2.24, 2.45) is 23.3 Å². The third kappa shape index (κ3) is 3.57. The molecule has 0 bridgehead atoms. The van der Waals surface area contributed by atoms with Crippen LogP contribution in [0, 0.1) is 11.8 Å². The number of hydrogen-bond donors (Lipinski definition) is 6. The van der Waals surface area contributed by atoms with E-state index in [0.29, 0.717) is 16.7 Å². The van der Waals surface area contributed by atoms with E-state index in [-0.39, 0.29) is 35.3 Å². The highest BCUT2D eigenvalue weighted by atomic mass is 16.3. The number of benzene rings is 2. The fraction of sp³-hybridized carbons (Fsp3) is 0.286. The number of Topliss-reactive ketones (excluding diaryl/α,β-unsaturated/α-hetero) is 2. The highest BCUT2D eigenvalue weighted by Gasteiger charge is 2.64. The van der Waals surface area contributed by atoms with Gasteiger partial charge >= 0.3 is 0 Å². The molecule has 3 aliphatic rings. The van der Waals surface area contributed by atoms with Gasteiger partial charge in [-0.1, -0.05) is 18.2 Å². The fourth-order valence-corrected chi connectivity index (χ4v) is 6.35. The molecule has 0 spiro atoms. The van der Waals surface area contributed by atoms with E-state index in [9.17, 15) is 39.6 Å². The molecule has 2 aromatic carbocycles. The van der Waals surface area contributed by atoms with Gasteiger partial charge in [0.1, 0.15) is 22.8 Å². The quantitative estimate of drug-likeness (QED) is 0.306. The van der Waals surface area contributed by atoms with E-state index in [2.05, 4.69) is 0 Å². The Balaban J connectivity index is 1.73. The average Bonchev–Trinajstić information content (AvgIpc) is 2.86. The van der Waals surface area contributed by atoms with Gasteiger partial charge in [-0.2, -0.15) is 0 Å². The molecular weight excluding hydrogens is 506 g/mol. The molecule has 5 rings (SSSR count). The number of fused-ring (bicyclic) bond motifs is 3. The predicted octanol–water partition coefficient (Wildman–Crippen LogP) is 0.730. The number of aromatic hydroxyl groups is 1. The zero-order valence-electron chi connectivity index (χ0n) is 21.1. The monoisotopic (exact) mass is 533 g/mol. The summed E-state index contributed by atoms with van der Waals surface area (Å²) in [4.78, 5) is 52.4. The van der Waals surface area contributed by atoms with Crippen molar-refractivity contribution in [2.75, 3.05) is 14.1 Å². The van der Waals surface area contributed by atoms with Gasteiger partial charge in [-0.05, 0) is 67.7 Å². The number of phenols is 1. The van der Waals surface area contributed by atoms with Crippen LogP contribution in [0.15, 0.2) is 53.3 Å². The molecule has 11 heteroatoms. The Morgan fingerprint density at radius 2 is 1.72 bits per heavy atom. The molecule has 0 radical (unpaired) electrons. The lowest BCUT2D eigenvalue weighted by Crippen LogP contribution is -2.65. The van der Waals surface area contributed by atoms with Crippen molar-refractivity contribution in [1.82, 2.24) is 4.90 Å². The van der Waals surface area contributed by atoms with Crippen molar-refractivity contribution in [2.45, 2.75) is 24.5 Å². The molecule has 11 nitrogen and oxygen atoms in total. The zero-order chi connectivity index (χ0) is 28.5. The van der Waals surface area contributed by atoms with Crippen molar-refractivity contribution in [1.29, 1.82) is 0 Å². The van der Waals surface area contributed by atoms with Crippen molar-refractivity contribution in [3.05, 3.63) is 70.0 Å². The number of ketones is 2. The summed E-state index contributed by atoms with van der Waals surface area (Å²) in [5.74, 6) is -7.76. The van der Waals surface area contributed by atoms with Gasteiger partial charge in [0.05, 0.1) is 11.6 Å². The molecule has 2 aromatic rings. The van der Waals surface area contributed by atoms with Crippen molar-refractivity contribution < 1.29 is 39.6 Å². The number of aliphatic hydroxyl groups excluding tert-OH is 2. The van der Waals surface area contributed by atoms with Gasteiger partial charge in [0.15, 0.2) is 11.4 Å². The summed E-state index contributed by atoms with van der Waals surface area (Å²) in [7, 11) is 3.07. The van der Waals surface area contributed by atoms with Crippen LogP contribution < -0.4 is 11.5 Å². The minimum atomic E-state index is -2.70. The van der Waals surface area contributed by atoms with Crippen molar-refractivity contribution in [3.8, 4) is 16.9 Å². The van der Waals surface area contributed by atoms with Crippen LogP contribution in [0.5, 0.6) is 5.75 Å². The molecular formula is C28H27N3O8. The lowest BCUT2D eigenvalue weighted by molar-refractivity contribution is -0.153. The van der Waals surface area contributed by atoms with E-state index >= 15 is 0 Å². The van der Waals surface area contributed by atoms with Crippen molar-refractivity contribution >= 4 is 29.1 Å². The van der Waals surface area contributed by atoms with Crippen LogP contribution in [0.25, 0.3) is 16.9 Å². The van der Waals surface area contributed by atoms with Crippen LogP contribution in [-0.4, -0.2) is 74.4 Å². The molecule has 39 heavy (non-hydrogen) atoms. The number of aliphatic hydroxyl groups is 3. The summed E-state index contributed by atoms with van der Waals surface area (Å²) in [6.07, 6.45) is 0.0985. The standard InChI is InChI=1S/C28H27N3O8/c1-31(2)21-16-10-13-9-15-14(11-4-3-5-12(8-11)26(29)37)6-7-17(32)19(15)22(33)18(13)24(35)28(16,39)25(36)20(23(21)34)27(30)38/h3-8,13,16,21,32-33,36,39H,9-10H2,1-2H3,(H2,29,37)(H2,30,38). The molecule has 2 amide bonds. The molecule has 8 N–H and O–H groups in total. The topological polar surface area (TPSA) is 204 Å². The number of primary amides is 2. The van der Waals surface area contributed by atoms with E-state index < -0.39 is 64.0 Å². The Kier molecular flexibility index (Phi) is 5.89. The number of carbonyl (C=O) groups excluding carboxylic acids is 4. The molecule has 0 aromatic heterocycles. The van der Waals surface area contributed by atoms with Gasteiger partial charge in [-0.3, -0.25) is 24.1 Å². The maximum atomic E-state index is 13.9. The van der Waals surface area contributed by atoms with Gasteiger partial charge in [-0.25, -0.2) is 0 Å². The normalized spacial score (nSPS) is 26.3. The minimum Gasteiger partial charge on any atom is -0.508 e. The third-order valence-corrected chi connectivity index (χ3v) is 8.06. The second-order valence-corrected chi connectivity index (χ2v) is 10.4. The summed E-state index contributed by atoms with van der Waals surface area (Å²) >= 11 is 0. The van der Waals surface area contributed by atoms with E-state index in [4.69, 9.17) is 11.5 Å². The number of nitrogens with zero attached hydrogens (tertiary/aromatic N) is 1. The smallest absolute Gasteiger partial charge is 0.255 e. The van der Waals surface area contributed by atoms with E-state index in [1.165, 1.54) is 25.1 Å². The van der Waals surface area contributed by atoms with Gasteiger partial charge in [-0.15, -0.1) is 0 Å². The molecule has 4 unspecified atom stereocenters. The molecule has 0 saturated heterocycles. The fourth-order valence-electron chi connectivity index (χ4n) is 6.35. The minimum absolute atomic E-state index is 0.0256. The van der Waals surface area contributed by atoms with Crippen LogP contribution >= 0.6 is 0 Å². The summed E-state index contributed by atoms with van der Waals surface area (Å²) in [5.41, 5.74) is 8.85. The van der Waals surface area contributed by atoms with Gasteiger partial charge in [0.25, 0.3) is 5.91 Å². The Bertz CT molecular complexity index is 1560. The lowest BCUT2D eigenvalue weighted by atomic mass is 9.57. The van der Waals surface area contributed by atoms with Gasteiger partial charge in [0, 0.05) is 17.1 Å². The van der Waals surface area contributed by atoms with Crippen LogP contribution in [-0.2, 0) is 20.8 Å². The maximum Gasteiger partial charge on any atom is 0.255 e. The molecule has 3 aliphatic carbocycles. The second kappa shape index (κ2) is 8.79. The second-order valence-electron chi connectivity index (χ2n) is 10.4. The Labute approximate surface area is 222 Å². The Hall–Kier alpha value is -4.48. The first-order valence-electron chi connectivity index (χ1n) is 12.2. The van der Waals surface area contributed by atoms with Gasteiger partial charge < -0.3 is 31.9 Å². The number of amides is 2. The number of nitrogens with two attached hydrogens (primary N) is 2. The first-order valence-corrected chi connectivity index (χ1v) is 12.2. The predicted molar refractivity (Wildman–Crippen MR) is 138 cm³/mol. The van der Waals surface area contributed by atoms with Crippen LogP contribution in [0.1, 0.15) is 27.9 Å². The summed E-state index contributed by atoms with van der Waals surface area (Å²) < 4.78 is 0. The summed E-state index contributed by atoms with van der Waals surface area (Å²) in [6, 6.07) is 8.28. The van der Waals surface area contributed by atoms with Crippen LogP contribution in [0.3, 0.4) is 0 Å². The number of carbonyl (C=O) groups is 4. The van der Waals surface area contributed by atoms with Gasteiger partial charge in [0.2, 0.25) is 11.7 Å². The summed E-state index contributed by atoms with van der Waals surface area (Å²) in [5, 5.41) is 44.7. The zero-order valence-corrected chi connectivity index (χ0v) is 21.1. The Morgan fingerprint density at radius 1 is 1.03 bits per heavy atom. The third-order valence-electron chi connectivity index (χ3n) is 8.06. The first-order chi connectivity index (χ1) is 18.3. The largest absolute Gasteiger partial charge is 0.508 e. The highest BCUT2D eigenvalue weighted by Crippen LogP contribution is 2.53. The van der Waals surface area contributed by atoms with Crippen LogP contribution in [0.2, 0.25) is 0 Å². The number of rotatable bonds is 4. The molecule has 0 heterocycles. The Morgan fingerprint density at radius 3 is 2.33 bits per heavy atom. The summed E-state index contributed by atoms with van der Waals surface area (Å²) in [6.45, 7) is 0. The SMILES string of the molecule is CN(C)C1C(=O)C(C(N)=O)=C(O)C2(O)C(=O)C3=C(O)c4c(O)ccc(-c5cccc(C(N)=O)c5)c4CC3CC12. The first kappa shape index (κ1) is 26.1. The van der Waals surface area contributed by atoms with E-state index in [0.717, 1.165) is 0 Å². The van der Waals surface area contributed by atoms with Crippen molar-refractivity contribution in [3.63, 3.8) is 0 Å². The number of hydrogen-bond acceptors (Lipinski definition) is 9. The van der Waals surface area contributed by atoms with E-state index in [1.807, 2.05) is 0 Å². The molecule has 1 fully saturated rings. The average molecular weight is 534 g/mol. The lowest BCUT2D eigenvalue weighted by Gasteiger charge is -2.50. The molecule has 4 atom stereocenters. The molecule has 0 aliphatic heterocycles. The van der Waals surface area contributed by atoms with Crippen LogP contribution in [0.4, 0.5) is 0 Å². The molecule has 202 valence electrons. The highest BCUT2D eigenvalue weighted by molar-refractivity contribution is 6.24. The number of likely N-dealkylation sites (N-methyl/N-ethyl adjacent to an activating group) is 1. The molecule has 1 saturated carbocycles. The maximum absolute atomic E-state index is 13.9. The number of phenolic OH excluding ortho intramolecular Hbond substituents is 1. The van der Waals surface area contributed by atoms with E-state index in [1.54, 1.807) is 30.3 Å².